The van der Waals surface area contributed by atoms with Gasteiger partial charge in [0, 0.05) is 24.9 Å². The molecule has 3 rings (SSSR count). The number of ether oxygens (including phenoxy) is 1. The van der Waals surface area contributed by atoms with Crippen LogP contribution >= 0.6 is 12.2 Å². The van der Waals surface area contributed by atoms with Crippen molar-refractivity contribution in [2.24, 2.45) is 0 Å². The second-order valence-corrected chi connectivity index (χ2v) is 5.55. The molecule has 2 heterocycles. The molecule has 0 unspecified atom stereocenters. The maximum atomic E-state index is 12.5. The van der Waals surface area contributed by atoms with Crippen LogP contribution < -0.4 is 0 Å². The molecule has 7 heteroatoms. The van der Waals surface area contributed by atoms with E-state index < -0.39 is 11.9 Å². The molecule has 0 radical (unpaired) electrons. The van der Waals surface area contributed by atoms with Crippen LogP contribution in [0.15, 0.2) is 30.1 Å². The fourth-order valence-corrected chi connectivity index (χ4v) is 2.46. The SMILES string of the molecule is FC(F)(F)c1ccc(CN(C2=CC(=S)OC2)C2CC2)cn1. The largest absolute Gasteiger partial charge is 0.477 e. The molecule has 1 saturated carbocycles. The summed E-state index contributed by atoms with van der Waals surface area (Å²) in [6.07, 6.45) is 0.858. The number of nitrogens with zero attached hydrogens (tertiary/aromatic N) is 2. The Kier molecular flexibility index (Phi) is 3.61. The third-order valence-corrected chi connectivity index (χ3v) is 3.71. The number of halogens is 3. The molecule has 0 spiro atoms. The standard InChI is InChI=1S/C14H13F3N2OS/c15-14(16,17)12-4-1-9(6-18-12)7-19(10-2-3-10)11-5-13(21)20-8-11/h1,4-6,10H,2-3,7-8H2. The Morgan fingerprint density at radius 3 is 2.57 bits per heavy atom. The van der Waals surface area contributed by atoms with Gasteiger partial charge in [0.2, 0.25) is 0 Å². The Bertz CT molecular complexity index is 579. The van der Waals surface area contributed by atoms with Crippen molar-refractivity contribution < 1.29 is 17.9 Å². The van der Waals surface area contributed by atoms with Gasteiger partial charge in [-0.1, -0.05) is 6.07 Å². The van der Waals surface area contributed by atoms with E-state index in [9.17, 15) is 13.2 Å². The zero-order chi connectivity index (χ0) is 15.0. The van der Waals surface area contributed by atoms with E-state index in [-0.39, 0.29) is 0 Å². The molecular weight excluding hydrogens is 301 g/mol. The lowest BCUT2D eigenvalue weighted by Crippen LogP contribution is -2.26. The van der Waals surface area contributed by atoms with Crippen molar-refractivity contribution in [2.45, 2.75) is 31.6 Å². The van der Waals surface area contributed by atoms with Gasteiger partial charge in [-0.25, -0.2) is 0 Å². The van der Waals surface area contributed by atoms with Crippen LogP contribution in [0.25, 0.3) is 0 Å². The molecule has 112 valence electrons. The summed E-state index contributed by atoms with van der Waals surface area (Å²) in [6.45, 7) is 0.955. The van der Waals surface area contributed by atoms with Crippen LogP contribution in [0.2, 0.25) is 0 Å². The molecule has 3 nitrogen and oxygen atoms in total. The summed E-state index contributed by atoms with van der Waals surface area (Å²) in [6, 6.07) is 2.91. The molecule has 0 bridgehead atoms. The normalized spacial score (nSPS) is 18.4. The van der Waals surface area contributed by atoms with E-state index in [1.54, 1.807) is 0 Å². The number of alkyl halides is 3. The highest BCUT2D eigenvalue weighted by Gasteiger charge is 2.34. The maximum Gasteiger partial charge on any atom is 0.433 e. The summed E-state index contributed by atoms with van der Waals surface area (Å²) >= 11 is 4.98. The summed E-state index contributed by atoms with van der Waals surface area (Å²) in [7, 11) is 0. The van der Waals surface area contributed by atoms with Crippen molar-refractivity contribution in [1.82, 2.24) is 9.88 Å². The van der Waals surface area contributed by atoms with Gasteiger partial charge < -0.3 is 9.64 Å². The minimum absolute atomic E-state index is 0.419. The molecule has 0 amide bonds. The molecule has 0 saturated heterocycles. The van der Waals surface area contributed by atoms with Gasteiger partial charge in [0.05, 0.1) is 5.70 Å². The molecule has 21 heavy (non-hydrogen) atoms. The second-order valence-electron chi connectivity index (χ2n) is 5.15. The van der Waals surface area contributed by atoms with Gasteiger partial charge in [0.25, 0.3) is 0 Å². The zero-order valence-electron chi connectivity index (χ0n) is 11.1. The van der Waals surface area contributed by atoms with Crippen LogP contribution in [-0.2, 0) is 17.5 Å². The molecule has 0 N–H and O–H groups in total. The molecule has 1 aromatic rings. The predicted octanol–water partition coefficient (Wildman–Crippen LogP) is 3.31. The van der Waals surface area contributed by atoms with E-state index in [2.05, 4.69) is 9.88 Å². The number of hydrogen-bond acceptors (Lipinski definition) is 4. The molecule has 1 aliphatic carbocycles. The number of pyridine rings is 1. The first-order chi connectivity index (χ1) is 9.93. The van der Waals surface area contributed by atoms with Crippen molar-refractivity contribution in [3.05, 3.63) is 41.4 Å². The van der Waals surface area contributed by atoms with E-state index in [1.807, 2.05) is 6.08 Å². The van der Waals surface area contributed by atoms with Crippen molar-refractivity contribution in [3.8, 4) is 0 Å². The number of rotatable bonds is 4. The van der Waals surface area contributed by atoms with Crippen LogP contribution in [0.5, 0.6) is 0 Å². The highest BCUT2D eigenvalue weighted by atomic mass is 32.1. The Labute approximate surface area is 125 Å². The summed E-state index contributed by atoms with van der Waals surface area (Å²) in [5.41, 5.74) is 0.866. The zero-order valence-corrected chi connectivity index (χ0v) is 11.9. The molecule has 2 aliphatic rings. The predicted molar refractivity (Wildman–Crippen MR) is 74.4 cm³/mol. The van der Waals surface area contributed by atoms with Gasteiger partial charge in [-0.3, -0.25) is 4.98 Å². The van der Waals surface area contributed by atoms with Gasteiger partial charge in [-0.15, -0.1) is 0 Å². The van der Waals surface area contributed by atoms with Crippen molar-refractivity contribution >= 4 is 17.3 Å². The fraction of sp³-hybridized carbons (Fsp3) is 0.429. The lowest BCUT2D eigenvalue weighted by Gasteiger charge is -2.25. The Hall–Kier alpha value is -1.63. The minimum Gasteiger partial charge on any atom is -0.477 e. The lowest BCUT2D eigenvalue weighted by atomic mass is 10.2. The highest BCUT2D eigenvalue weighted by Crippen LogP contribution is 2.33. The Balaban J connectivity index is 1.74. The molecule has 0 aromatic carbocycles. The van der Waals surface area contributed by atoms with Crippen molar-refractivity contribution in [1.29, 1.82) is 0 Å². The van der Waals surface area contributed by atoms with E-state index in [4.69, 9.17) is 17.0 Å². The maximum absolute atomic E-state index is 12.5. The van der Waals surface area contributed by atoms with Gasteiger partial charge in [0.1, 0.15) is 12.3 Å². The first-order valence-corrected chi connectivity index (χ1v) is 7.00. The average molecular weight is 314 g/mol. The summed E-state index contributed by atoms with van der Waals surface area (Å²) < 4.78 is 42.7. The van der Waals surface area contributed by atoms with Gasteiger partial charge >= 0.3 is 6.18 Å². The molecular formula is C14H13F3N2OS. The minimum atomic E-state index is -4.40. The Morgan fingerprint density at radius 1 is 1.33 bits per heavy atom. The number of hydrogen-bond donors (Lipinski definition) is 0. The Morgan fingerprint density at radius 2 is 2.10 bits per heavy atom. The summed E-state index contributed by atoms with van der Waals surface area (Å²) in [5, 5.41) is 0.459. The van der Waals surface area contributed by atoms with Crippen LogP contribution in [0.1, 0.15) is 24.1 Å². The van der Waals surface area contributed by atoms with Gasteiger partial charge in [0.15, 0.2) is 5.05 Å². The van der Waals surface area contributed by atoms with E-state index >= 15 is 0 Å². The molecule has 1 aromatic heterocycles. The quantitative estimate of drug-likeness (QED) is 0.796. The third kappa shape index (κ3) is 3.34. The van der Waals surface area contributed by atoms with Gasteiger partial charge in [-0.2, -0.15) is 13.2 Å². The van der Waals surface area contributed by atoms with Crippen LogP contribution in [0.4, 0.5) is 13.2 Å². The summed E-state index contributed by atoms with van der Waals surface area (Å²) in [5.74, 6) is 0. The third-order valence-electron chi connectivity index (χ3n) is 3.47. The lowest BCUT2D eigenvalue weighted by molar-refractivity contribution is -0.141. The monoisotopic (exact) mass is 314 g/mol. The number of aromatic nitrogens is 1. The van der Waals surface area contributed by atoms with Crippen LogP contribution in [-0.4, -0.2) is 27.6 Å². The van der Waals surface area contributed by atoms with Crippen molar-refractivity contribution in [2.75, 3.05) is 6.61 Å². The highest BCUT2D eigenvalue weighted by molar-refractivity contribution is 7.80. The molecule has 1 fully saturated rings. The number of thiocarbonyl (C=S) groups is 1. The van der Waals surface area contributed by atoms with Crippen molar-refractivity contribution in [3.63, 3.8) is 0 Å². The van der Waals surface area contributed by atoms with E-state index in [1.165, 1.54) is 12.3 Å². The fourth-order valence-electron chi connectivity index (χ4n) is 2.26. The topological polar surface area (TPSA) is 25.4 Å². The average Bonchev–Trinajstić information content (AvgIpc) is 3.17. The van der Waals surface area contributed by atoms with Gasteiger partial charge in [-0.05, 0) is 36.7 Å². The first kappa shape index (κ1) is 14.3. The van der Waals surface area contributed by atoms with E-state index in [0.29, 0.717) is 24.2 Å². The smallest absolute Gasteiger partial charge is 0.433 e. The molecule has 0 atom stereocenters. The van der Waals surface area contributed by atoms with Crippen LogP contribution in [0, 0.1) is 0 Å². The molecule has 1 aliphatic heterocycles. The van der Waals surface area contributed by atoms with Crippen LogP contribution in [0.3, 0.4) is 0 Å². The van der Waals surface area contributed by atoms with E-state index in [0.717, 1.165) is 30.2 Å². The summed E-state index contributed by atoms with van der Waals surface area (Å²) in [4.78, 5) is 5.64. The second kappa shape index (κ2) is 5.29. The first-order valence-electron chi connectivity index (χ1n) is 6.59.